The summed E-state index contributed by atoms with van der Waals surface area (Å²) >= 11 is 0. The molecule has 0 spiro atoms. The van der Waals surface area contributed by atoms with Crippen molar-refractivity contribution < 1.29 is 10.0 Å². The molecule has 2 aromatic heterocycles. The van der Waals surface area contributed by atoms with Crippen LogP contribution in [0.4, 0.5) is 0 Å². The average Bonchev–Trinajstić information content (AvgIpc) is 2.78. The van der Waals surface area contributed by atoms with Crippen LogP contribution in [-0.2, 0) is 6.54 Å². The third-order valence-corrected chi connectivity index (χ3v) is 2.21. The van der Waals surface area contributed by atoms with Crippen LogP contribution in [0.1, 0.15) is 11.3 Å². The molecule has 0 bridgehead atoms. The van der Waals surface area contributed by atoms with E-state index in [1.807, 2.05) is 6.07 Å². The molecule has 0 unspecified atom stereocenters. The molecule has 2 aromatic rings. The summed E-state index contributed by atoms with van der Waals surface area (Å²) in [5, 5.41) is 30.5. The molecule has 0 saturated heterocycles. The van der Waals surface area contributed by atoms with Crippen LogP contribution in [0.5, 0.6) is 0 Å². The van der Waals surface area contributed by atoms with Crippen molar-refractivity contribution in [3.05, 3.63) is 41.9 Å². The number of nitriles is 1. The molecule has 0 aromatic carbocycles. The van der Waals surface area contributed by atoms with Gasteiger partial charge in [0.25, 0.3) is 0 Å². The van der Waals surface area contributed by atoms with Crippen molar-refractivity contribution in [2.75, 3.05) is 0 Å². The SMILES string of the molecule is N#Cc1cc(Cn2ccc(B(O)O)n2)ccn1. The average molecular weight is 228 g/mol. The number of hydrogen-bond acceptors (Lipinski definition) is 5. The molecule has 17 heavy (non-hydrogen) atoms. The summed E-state index contributed by atoms with van der Waals surface area (Å²) in [4.78, 5) is 3.86. The van der Waals surface area contributed by atoms with Crippen molar-refractivity contribution in [2.24, 2.45) is 0 Å². The van der Waals surface area contributed by atoms with Gasteiger partial charge in [0.15, 0.2) is 0 Å². The summed E-state index contributed by atoms with van der Waals surface area (Å²) in [7, 11) is -1.57. The van der Waals surface area contributed by atoms with Gasteiger partial charge in [-0.2, -0.15) is 10.4 Å². The standard InChI is InChI=1S/C10H9BN4O2/c12-6-9-5-8(1-3-13-9)7-15-4-2-10(14-15)11(16)17/h1-5,16-17H,7H2. The van der Waals surface area contributed by atoms with Crippen LogP contribution in [0.15, 0.2) is 30.6 Å². The minimum Gasteiger partial charge on any atom is -0.422 e. The van der Waals surface area contributed by atoms with E-state index in [0.29, 0.717) is 12.2 Å². The van der Waals surface area contributed by atoms with Crippen LogP contribution < -0.4 is 5.59 Å². The third-order valence-electron chi connectivity index (χ3n) is 2.21. The highest BCUT2D eigenvalue weighted by Crippen LogP contribution is 2.02. The highest BCUT2D eigenvalue weighted by molar-refractivity contribution is 6.57. The summed E-state index contributed by atoms with van der Waals surface area (Å²) in [6, 6.07) is 6.92. The van der Waals surface area contributed by atoms with Crippen LogP contribution in [0.2, 0.25) is 0 Å². The zero-order valence-corrected chi connectivity index (χ0v) is 8.85. The maximum atomic E-state index is 8.91. The van der Waals surface area contributed by atoms with Crippen molar-refractivity contribution >= 4 is 12.7 Å². The van der Waals surface area contributed by atoms with Crippen molar-refractivity contribution in [2.45, 2.75) is 6.54 Å². The van der Waals surface area contributed by atoms with Crippen molar-refractivity contribution in [1.29, 1.82) is 5.26 Å². The first-order valence-corrected chi connectivity index (χ1v) is 4.93. The molecule has 2 rings (SSSR count). The smallest absolute Gasteiger partial charge is 0.422 e. The molecule has 84 valence electrons. The fourth-order valence-electron chi connectivity index (χ4n) is 1.42. The first-order chi connectivity index (χ1) is 8.19. The second-order valence-electron chi connectivity index (χ2n) is 3.47. The molecule has 0 aliphatic rings. The second-order valence-corrected chi connectivity index (χ2v) is 3.47. The highest BCUT2D eigenvalue weighted by Gasteiger charge is 2.14. The Hall–Kier alpha value is -2.17. The zero-order chi connectivity index (χ0) is 12.3. The summed E-state index contributed by atoms with van der Waals surface area (Å²) in [6.45, 7) is 0.448. The normalized spacial score (nSPS) is 9.94. The minimum absolute atomic E-state index is 0.194. The number of aromatic nitrogens is 3. The van der Waals surface area contributed by atoms with Crippen LogP contribution in [-0.4, -0.2) is 31.9 Å². The van der Waals surface area contributed by atoms with Gasteiger partial charge in [0, 0.05) is 12.4 Å². The number of hydrogen-bond donors (Lipinski definition) is 2. The molecule has 0 atom stereocenters. The molecule has 2 heterocycles. The van der Waals surface area contributed by atoms with E-state index >= 15 is 0 Å². The third kappa shape index (κ3) is 2.69. The van der Waals surface area contributed by atoms with Gasteiger partial charge < -0.3 is 10.0 Å². The van der Waals surface area contributed by atoms with Gasteiger partial charge in [-0.1, -0.05) is 0 Å². The monoisotopic (exact) mass is 228 g/mol. The van der Waals surface area contributed by atoms with Gasteiger partial charge in [-0.3, -0.25) is 4.68 Å². The molecule has 0 aliphatic heterocycles. The number of pyridine rings is 1. The van der Waals surface area contributed by atoms with Gasteiger partial charge >= 0.3 is 7.12 Å². The molecular weight excluding hydrogens is 219 g/mol. The molecule has 7 heteroatoms. The second kappa shape index (κ2) is 4.78. The molecule has 6 nitrogen and oxygen atoms in total. The first kappa shape index (κ1) is 11.3. The summed E-state index contributed by atoms with van der Waals surface area (Å²) in [5.41, 5.74) is 1.41. The van der Waals surface area contributed by atoms with E-state index < -0.39 is 7.12 Å². The van der Waals surface area contributed by atoms with E-state index in [9.17, 15) is 0 Å². The largest absolute Gasteiger partial charge is 0.510 e. The van der Waals surface area contributed by atoms with Crippen molar-refractivity contribution in [3.63, 3.8) is 0 Å². The topological polar surface area (TPSA) is 95.0 Å². The summed E-state index contributed by atoms with van der Waals surface area (Å²) < 4.78 is 1.56. The van der Waals surface area contributed by atoms with Crippen LogP contribution in [0, 0.1) is 11.3 Å². The summed E-state index contributed by atoms with van der Waals surface area (Å²) in [5.74, 6) is 0. The Balaban J connectivity index is 2.17. The lowest BCUT2D eigenvalue weighted by Crippen LogP contribution is -2.31. The Morgan fingerprint density at radius 2 is 2.24 bits per heavy atom. The van der Waals surface area contributed by atoms with Crippen LogP contribution in [0.3, 0.4) is 0 Å². The van der Waals surface area contributed by atoms with E-state index in [1.165, 1.54) is 6.07 Å². The van der Waals surface area contributed by atoms with E-state index in [4.69, 9.17) is 15.3 Å². The molecule has 0 radical (unpaired) electrons. The Morgan fingerprint density at radius 1 is 1.41 bits per heavy atom. The molecule has 0 fully saturated rings. The fourth-order valence-corrected chi connectivity index (χ4v) is 1.42. The minimum atomic E-state index is -1.57. The highest BCUT2D eigenvalue weighted by atomic mass is 16.4. The lowest BCUT2D eigenvalue weighted by molar-refractivity contribution is 0.423. The van der Waals surface area contributed by atoms with E-state index in [-0.39, 0.29) is 5.59 Å². The lowest BCUT2D eigenvalue weighted by Gasteiger charge is -2.01. The van der Waals surface area contributed by atoms with E-state index in [2.05, 4.69) is 10.1 Å². The van der Waals surface area contributed by atoms with E-state index in [0.717, 1.165) is 5.56 Å². The maximum absolute atomic E-state index is 8.91. The van der Waals surface area contributed by atoms with Gasteiger partial charge in [-0.15, -0.1) is 0 Å². The van der Waals surface area contributed by atoms with Gasteiger partial charge in [0.05, 0.1) is 12.1 Å². The van der Waals surface area contributed by atoms with Crippen molar-refractivity contribution in [1.82, 2.24) is 14.8 Å². The molecule has 2 N–H and O–H groups in total. The van der Waals surface area contributed by atoms with Crippen LogP contribution in [0.25, 0.3) is 0 Å². The summed E-state index contributed by atoms with van der Waals surface area (Å²) in [6.07, 6.45) is 3.19. The Bertz CT molecular complexity index is 561. The Kier molecular flexibility index (Phi) is 3.18. The molecule has 0 aliphatic carbocycles. The molecular formula is C10H9BN4O2. The maximum Gasteiger partial charge on any atom is 0.510 e. The zero-order valence-electron chi connectivity index (χ0n) is 8.85. The van der Waals surface area contributed by atoms with Gasteiger partial charge in [-0.05, 0) is 23.8 Å². The Morgan fingerprint density at radius 3 is 2.88 bits per heavy atom. The van der Waals surface area contributed by atoms with Gasteiger partial charge in [0.1, 0.15) is 11.8 Å². The Labute approximate surface area is 97.9 Å². The van der Waals surface area contributed by atoms with Crippen molar-refractivity contribution in [3.8, 4) is 6.07 Å². The van der Waals surface area contributed by atoms with E-state index in [1.54, 1.807) is 29.2 Å². The fraction of sp³-hybridized carbons (Fsp3) is 0.100. The molecule has 0 amide bonds. The number of nitrogens with zero attached hydrogens (tertiary/aromatic N) is 4. The number of rotatable bonds is 3. The van der Waals surface area contributed by atoms with Crippen LogP contribution >= 0.6 is 0 Å². The lowest BCUT2D eigenvalue weighted by atomic mass is 9.87. The molecule has 0 saturated carbocycles. The first-order valence-electron chi connectivity index (χ1n) is 4.93. The quantitative estimate of drug-likeness (QED) is 0.648. The van der Waals surface area contributed by atoms with Gasteiger partial charge in [0.2, 0.25) is 0 Å². The predicted octanol–water partition coefficient (Wildman–Crippen LogP) is -1.12. The van der Waals surface area contributed by atoms with Gasteiger partial charge in [-0.25, -0.2) is 4.98 Å². The predicted molar refractivity (Wildman–Crippen MR) is 60.1 cm³/mol.